The first-order chi connectivity index (χ1) is 14.8. The molecule has 0 radical (unpaired) electrons. The lowest BCUT2D eigenvalue weighted by Crippen LogP contribution is -2.49. The maximum atomic E-state index is 12.6. The summed E-state index contributed by atoms with van der Waals surface area (Å²) in [5, 5.41) is 5.93. The third kappa shape index (κ3) is 6.19. The minimum absolute atomic E-state index is 0.0765. The van der Waals surface area contributed by atoms with Crippen molar-refractivity contribution in [3.8, 4) is 0 Å². The number of aromatic nitrogens is 1. The summed E-state index contributed by atoms with van der Waals surface area (Å²) in [6, 6.07) is 5.53. The number of anilines is 3. The van der Waals surface area contributed by atoms with Crippen LogP contribution in [-0.2, 0) is 10.0 Å². The fourth-order valence-electron chi connectivity index (χ4n) is 3.29. The van der Waals surface area contributed by atoms with E-state index >= 15 is 0 Å². The van der Waals surface area contributed by atoms with Crippen molar-refractivity contribution in [3.05, 3.63) is 34.6 Å². The van der Waals surface area contributed by atoms with Crippen molar-refractivity contribution in [2.75, 3.05) is 61.0 Å². The molecule has 12 heteroatoms. The second-order valence-electron chi connectivity index (χ2n) is 7.10. The maximum Gasteiger partial charge on any atom is 0.292 e. The van der Waals surface area contributed by atoms with E-state index in [4.69, 9.17) is 10.2 Å². The van der Waals surface area contributed by atoms with Crippen LogP contribution in [0.15, 0.2) is 33.4 Å². The molecule has 2 aromatic rings. The Morgan fingerprint density at radius 3 is 2.68 bits per heavy atom. The summed E-state index contributed by atoms with van der Waals surface area (Å²) < 4.78 is 32.3. The summed E-state index contributed by atoms with van der Waals surface area (Å²) in [5.41, 5.74) is 6.97. The van der Waals surface area contributed by atoms with Gasteiger partial charge in [0.15, 0.2) is 5.69 Å². The normalized spacial score (nSPS) is 15.2. The van der Waals surface area contributed by atoms with E-state index in [1.165, 1.54) is 6.26 Å². The first kappa shape index (κ1) is 23.5. The molecule has 1 aromatic heterocycles. The molecule has 1 aliphatic heterocycles. The molecule has 2 heterocycles. The van der Waals surface area contributed by atoms with Gasteiger partial charge in [0.2, 0.25) is 10.0 Å². The molecule has 1 amide bonds. The molecule has 10 nitrogen and oxygen atoms in total. The van der Waals surface area contributed by atoms with Crippen molar-refractivity contribution >= 4 is 49.2 Å². The van der Waals surface area contributed by atoms with E-state index in [1.54, 1.807) is 4.31 Å². The number of nitrogens with one attached hydrogen (secondary N) is 2. The number of amides is 1. The number of carbonyl (C=O) groups excluding carboxylic acids is 1. The number of piperazine rings is 1. The Morgan fingerprint density at radius 2 is 2.03 bits per heavy atom. The van der Waals surface area contributed by atoms with Crippen molar-refractivity contribution in [2.24, 2.45) is 0 Å². The van der Waals surface area contributed by atoms with Crippen LogP contribution in [0.1, 0.15) is 23.8 Å². The van der Waals surface area contributed by atoms with Gasteiger partial charge in [-0.25, -0.2) is 8.42 Å². The van der Waals surface area contributed by atoms with Gasteiger partial charge in [0.1, 0.15) is 6.26 Å². The predicted molar refractivity (Wildman–Crippen MR) is 124 cm³/mol. The minimum Gasteiger partial charge on any atom is -0.431 e. The smallest absolute Gasteiger partial charge is 0.292 e. The van der Waals surface area contributed by atoms with Gasteiger partial charge in [-0.1, -0.05) is 6.92 Å². The number of nitrogens with zero attached hydrogens (tertiary/aromatic N) is 3. The summed E-state index contributed by atoms with van der Waals surface area (Å²) in [5.74, 6) is -0.284. The lowest BCUT2D eigenvalue weighted by Gasteiger charge is -2.35. The molecule has 4 N–H and O–H groups in total. The molecule has 0 aliphatic carbocycles. The Kier molecular flexibility index (Phi) is 7.92. The van der Waals surface area contributed by atoms with Crippen LogP contribution in [0.3, 0.4) is 0 Å². The van der Waals surface area contributed by atoms with Crippen LogP contribution in [0.5, 0.6) is 0 Å². The second kappa shape index (κ2) is 10.4. The topological polar surface area (TPSA) is 134 Å². The van der Waals surface area contributed by atoms with Gasteiger partial charge < -0.3 is 25.7 Å². The zero-order chi connectivity index (χ0) is 22.4. The van der Waals surface area contributed by atoms with Crippen LogP contribution in [0.4, 0.5) is 17.4 Å². The quantitative estimate of drug-likeness (QED) is 0.430. The standard InChI is InChI=1S/C19H27BrN6O4S/c1-2-22-6-3-11-31(28,29)26-9-7-25(8-10-26)14-4-5-15(20)16(12-14)23-18(27)17-13-30-19(21)24-17/h4-5,12-13,22H,2-3,6-11H2,1H3,(H2,21,24)(H,23,27). The number of rotatable bonds is 9. The number of nitrogen functional groups attached to an aromatic ring is 1. The first-order valence-electron chi connectivity index (χ1n) is 10.1. The van der Waals surface area contributed by atoms with E-state index in [0.717, 1.165) is 12.2 Å². The van der Waals surface area contributed by atoms with Crippen LogP contribution in [0.2, 0.25) is 0 Å². The number of nitrogens with two attached hydrogens (primary N) is 1. The summed E-state index contributed by atoms with van der Waals surface area (Å²) in [6.07, 6.45) is 1.80. The minimum atomic E-state index is -3.25. The van der Waals surface area contributed by atoms with Crippen molar-refractivity contribution < 1.29 is 17.6 Å². The van der Waals surface area contributed by atoms with Crippen molar-refractivity contribution in [3.63, 3.8) is 0 Å². The summed E-state index contributed by atoms with van der Waals surface area (Å²) in [7, 11) is -3.25. The van der Waals surface area contributed by atoms with Crippen molar-refractivity contribution in [1.29, 1.82) is 0 Å². The zero-order valence-electron chi connectivity index (χ0n) is 17.3. The number of oxazole rings is 1. The summed E-state index contributed by atoms with van der Waals surface area (Å²) in [4.78, 5) is 18.3. The van der Waals surface area contributed by atoms with Crippen LogP contribution in [-0.4, -0.2) is 68.6 Å². The number of sulfonamides is 1. The van der Waals surface area contributed by atoms with Crippen molar-refractivity contribution in [1.82, 2.24) is 14.6 Å². The van der Waals surface area contributed by atoms with E-state index < -0.39 is 15.9 Å². The lowest BCUT2D eigenvalue weighted by atomic mass is 10.2. The van der Waals surface area contributed by atoms with Gasteiger partial charge in [-0.05, 0) is 53.6 Å². The van der Waals surface area contributed by atoms with Crippen LogP contribution in [0.25, 0.3) is 0 Å². The van der Waals surface area contributed by atoms with Crippen LogP contribution in [0, 0.1) is 0 Å². The van der Waals surface area contributed by atoms with E-state index in [0.29, 0.717) is 49.3 Å². The van der Waals surface area contributed by atoms with Gasteiger partial charge in [0.05, 0.1) is 11.4 Å². The largest absolute Gasteiger partial charge is 0.431 e. The molecule has 0 unspecified atom stereocenters. The molecular weight excluding hydrogens is 488 g/mol. The molecule has 1 aliphatic rings. The van der Waals surface area contributed by atoms with E-state index in [1.807, 2.05) is 25.1 Å². The molecule has 170 valence electrons. The molecule has 1 aromatic carbocycles. The Hall–Kier alpha value is -2.15. The molecule has 0 spiro atoms. The summed E-state index contributed by atoms with van der Waals surface area (Å²) >= 11 is 3.44. The lowest BCUT2D eigenvalue weighted by molar-refractivity contribution is 0.102. The first-order valence-corrected chi connectivity index (χ1v) is 12.5. The third-order valence-electron chi connectivity index (χ3n) is 4.96. The SMILES string of the molecule is CCNCCCS(=O)(=O)N1CCN(c2ccc(Br)c(NC(=O)c3coc(N)n3)c2)CC1. The Morgan fingerprint density at radius 1 is 1.29 bits per heavy atom. The third-order valence-corrected chi connectivity index (χ3v) is 7.60. The zero-order valence-corrected chi connectivity index (χ0v) is 19.7. The van der Waals surface area contributed by atoms with Gasteiger partial charge >= 0.3 is 0 Å². The molecule has 0 atom stereocenters. The fourth-order valence-corrected chi connectivity index (χ4v) is 5.13. The Balaban J connectivity index is 1.60. The van der Waals surface area contributed by atoms with Crippen LogP contribution < -0.4 is 21.3 Å². The highest BCUT2D eigenvalue weighted by atomic mass is 79.9. The molecule has 1 saturated heterocycles. The highest BCUT2D eigenvalue weighted by molar-refractivity contribution is 9.10. The van der Waals surface area contributed by atoms with Crippen molar-refractivity contribution in [2.45, 2.75) is 13.3 Å². The summed E-state index contributed by atoms with van der Waals surface area (Å²) in [6.45, 7) is 5.53. The van der Waals surface area contributed by atoms with Gasteiger partial charge in [0.25, 0.3) is 11.9 Å². The average Bonchev–Trinajstić information content (AvgIpc) is 3.19. The fraction of sp³-hybridized carbons (Fsp3) is 0.474. The van der Waals surface area contributed by atoms with Gasteiger partial charge in [-0.15, -0.1) is 0 Å². The van der Waals surface area contributed by atoms with Gasteiger partial charge in [0, 0.05) is 36.3 Å². The monoisotopic (exact) mass is 514 g/mol. The molecule has 31 heavy (non-hydrogen) atoms. The van der Waals surface area contributed by atoms with Crippen LogP contribution >= 0.6 is 15.9 Å². The molecule has 1 fully saturated rings. The second-order valence-corrected chi connectivity index (χ2v) is 10.0. The van der Waals surface area contributed by atoms with E-state index in [2.05, 4.69) is 36.4 Å². The molecular formula is C19H27BrN6O4S. The Bertz CT molecular complexity index is 1000. The number of hydrogen-bond acceptors (Lipinski definition) is 8. The Labute approximate surface area is 190 Å². The highest BCUT2D eigenvalue weighted by Crippen LogP contribution is 2.29. The molecule has 0 bridgehead atoms. The average molecular weight is 515 g/mol. The number of benzene rings is 1. The predicted octanol–water partition coefficient (Wildman–Crippen LogP) is 1.72. The number of halogens is 1. The van der Waals surface area contributed by atoms with Gasteiger partial charge in [-0.3, -0.25) is 4.79 Å². The number of carbonyl (C=O) groups is 1. The number of hydrogen-bond donors (Lipinski definition) is 3. The van der Waals surface area contributed by atoms with E-state index in [9.17, 15) is 13.2 Å². The maximum absolute atomic E-state index is 12.6. The highest BCUT2D eigenvalue weighted by Gasteiger charge is 2.27. The molecule has 0 saturated carbocycles. The molecule has 3 rings (SSSR count). The van der Waals surface area contributed by atoms with Gasteiger partial charge in [-0.2, -0.15) is 9.29 Å². The van der Waals surface area contributed by atoms with E-state index in [-0.39, 0.29) is 17.5 Å².